The normalized spacial score (nSPS) is 19.4. The summed E-state index contributed by atoms with van der Waals surface area (Å²) in [7, 11) is 0. The third-order valence-corrected chi connectivity index (χ3v) is 7.35. The van der Waals surface area contributed by atoms with Gasteiger partial charge >= 0.3 is 0 Å². The number of benzene rings is 2. The van der Waals surface area contributed by atoms with Crippen molar-refractivity contribution in [3.05, 3.63) is 72.9 Å². The fourth-order valence-electron chi connectivity index (χ4n) is 5.13. The summed E-state index contributed by atoms with van der Waals surface area (Å²) in [6, 6.07) is 16.2. The Labute approximate surface area is 224 Å². The highest BCUT2D eigenvalue weighted by Gasteiger charge is 2.20. The smallest absolute Gasteiger partial charge is 0.247 e. The third-order valence-electron chi connectivity index (χ3n) is 7.35. The molecule has 5 rings (SSSR count). The van der Waals surface area contributed by atoms with Crippen LogP contribution in [-0.4, -0.2) is 42.2 Å². The van der Waals surface area contributed by atoms with E-state index in [0.29, 0.717) is 36.6 Å². The van der Waals surface area contributed by atoms with E-state index in [1.807, 2.05) is 30.5 Å². The molecule has 1 amide bonds. The quantitative estimate of drug-likeness (QED) is 0.309. The molecule has 2 fully saturated rings. The van der Waals surface area contributed by atoms with Crippen molar-refractivity contribution in [3.63, 3.8) is 0 Å². The number of amides is 1. The maximum Gasteiger partial charge on any atom is 0.247 e. The minimum Gasteiger partial charge on any atom is -0.378 e. The molecule has 3 N–H and O–H groups in total. The molecule has 0 spiro atoms. The molecule has 3 aromatic rings. The lowest BCUT2D eigenvalue weighted by molar-refractivity contribution is -0.111. The number of rotatable bonds is 8. The summed E-state index contributed by atoms with van der Waals surface area (Å²) in [5, 5.41) is 9.60. The molecule has 2 aliphatic rings. The number of nitrogens with one attached hydrogen (secondary N) is 3. The molecule has 2 aromatic carbocycles. The summed E-state index contributed by atoms with van der Waals surface area (Å²) in [5.41, 5.74) is 4.75. The molecular weight excluding hydrogens is 476 g/mol. The number of nitrogens with zero attached hydrogens (tertiary/aromatic N) is 3. The second-order valence-electron chi connectivity index (χ2n) is 10.1. The number of carbonyl (C=O) groups excluding carboxylic acids is 1. The Balaban J connectivity index is 1.35. The Morgan fingerprint density at radius 3 is 2.47 bits per heavy atom. The number of morpholine rings is 1. The van der Waals surface area contributed by atoms with E-state index in [9.17, 15) is 4.79 Å². The molecule has 8 heteroatoms. The third kappa shape index (κ3) is 6.50. The Bertz CT molecular complexity index is 1250. The van der Waals surface area contributed by atoms with Crippen LogP contribution in [0.3, 0.4) is 0 Å². The molecule has 1 saturated carbocycles. The van der Waals surface area contributed by atoms with Crippen LogP contribution in [0.15, 0.2) is 67.4 Å². The standard InChI is InChI=1S/C30H36N6O2/c1-3-28(37)32-25-5-4-6-26(19-25)33-29-27(36-15-17-38-18-16-36)20-31-30(35-29)34-24-13-11-23(12-14-24)22-9-7-21(2)8-10-22/h3-6,11-14,19-22H,1,7-10,15-18H2,2H3,(H,32,37)(H2,31,33,34,35). The van der Waals surface area contributed by atoms with Crippen molar-refractivity contribution in [2.24, 2.45) is 5.92 Å². The highest BCUT2D eigenvalue weighted by atomic mass is 16.5. The monoisotopic (exact) mass is 512 g/mol. The molecule has 198 valence electrons. The van der Waals surface area contributed by atoms with Crippen molar-refractivity contribution in [1.29, 1.82) is 0 Å². The molecule has 1 aromatic heterocycles. The summed E-state index contributed by atoms with van der Waals surface area (Å²) in [5.74, 6) is 2.45. The Hall–Kier alpha value is -3.91. The fraction of sp³-hybridized carbons (Fsp3) is 0.367. The summed E-state index contributed by atoms with van der Waals surface area (Å²) in [6.45, 7) is 8.73. The van der Waals surface area contributed by atoms with Gasteiger partial charge in [-0.2, -0.15) is 4.98 Å². The first-order chi connectivity index (χ1) is 18.6. The average Bonchev–Trinajstić information content (AvgIpc) is 2.95. The molecule has 0 radical (unpaired) electrons. The van der Waals surface area contributed by atoms with Gasteiger partial charge in [0, 0.05) is 30.2 Å². The first kappa shape index (κ1) is 25.7. The predicted molar refractivity (Wildman–Crippen MR) is 154 cm³/mol. The van der Waals surface area contributed by atoms with Crippen LogP contribution < -0.4 is 20.9 Å². The number of ether oxygens (including phenoxy) is 1. The number of anilines is 6. The van der Waals surface area contributed by atoms with Gasteiger partial charge in [-0.1, -0.05) is 44.5 Å². The Morgan fingerprint density at radius 1 is 1.00 bits per heavy atom. The second kappa shape index (κ2) is 12.1. The first-order valence-electron chi connectivity index (χ1n) is 13.4. The average molecular weight is 513 g/mol. The van der Waals surface area contributed by atoms with E-state index in [4.69, 9.17) is 9.72 Å². The molecule has 1 saturated heterocycles. The molecule has 0 unspecified atom stereocenters. The number of carbonyl (C=O) groups is 1. The molecule has 1 aliphatic heterocycles. The van der Waals surface area contributed by atoms with E-state index in [1.54, 1.807) is 0 Å². The molecule has 38 heavy (non-hydrogen) atoms. The van der Waals surface area contributed by atoms with Crippen LogP contribution in [0.4, 0.5) is 34.5 Å². The van der Waals surface area contributed by atoms with Gasteiger partial charge in [0.15, 0.2) is 5.82 Å². The minimum atomic E-state index is -0.256. The lowest BCUT2D eigenvalue weighted by atomic mass is 9.79. The van der Waals surface area contributed by atoms with Crippen LogP contribution in [0, 0.1) is 5.92 Å². The molecular formula is C30H36N6O2. The van der Waals surface area contributed by atoms with Crippen molar-refractivity contribution in [2.75, 3.05) is 47.2 Å². The van der Waals surface area contributed by atoms with Crippen molar-refractivity contribution in [1.82, 2.24) is 9.97 Å². The van der Waals surface area contributed by atoms with Crippen LogP contribution >= 0.6 is 0 Å². The first-order valence-corrected chi connectivity index (χ1v) is 13.4. The number of aromatic nitrogens is 2. The lowest BCUT2D eigenvalue weighted by Crippen LogP contribution is -2.36. The van der Waals surface area contributed by atoms with Crippen LogP contribution in [0.2, 0.25) is 0 Å². The Morgan fingerprint density at radius 2 is 1.74 bits per heavy atom. The molecule has 0 atom stereocenters. The topological polar surface area (TPSA) is 91.4 Å². The van der Waals surface area contributed by atoms with Gasteiger partial charge in [0.25, 0.3) is 0 Å². The largest absolute Gasteiger partial charge is 0.378 e. The number of hydrogen-bond donors (Lipinski definition) is 3. The summed E-state index contributed by atoms with van der Waals surface area (Å²) < 4.78 is 5.54. The summed E-state index contributed by atoms with van der Waals surface area (Å²) in [6.07, 6.45) is 8.27. The predicted octanol–water partition coefficient (Wildman–Crippen LogP) is 6.22. The summed E-state index contributed by atoms with van der Waals surface area (Å²) >= 11 is 0. The van der Waals surface area contributed by atoms with Gasteiger partial charge in [0.2, 0.25) is 11.9 Å². The van der Waals surface area contributed by atoms with Crippen LogP contribution in [0.5, 0.6) is 0 Å². The Kier molecular flexibility index (Phi) is 8.19. The van der Waals surface area contributed by atoms with Crippen molar-refractivity contribution in [3.8, 4) is 0 Å². The lowest BCUT2D eigenvalue weighted by Gasteiger charge is -2.30. The molecule has 1 aliphatic carbocycles. The summed E-state index contributed by atoms with van der Waals surface area (Å²) in [4.78, 5) is 23.5. The van der Waals surface area contributed by atoms with Crippen molar-refractivity contribution < 1.29 is 9.53 Å². The van der Waals surface area contributed by atoms with Crippen LogP contribution in [-0.2, 0) is 9.53 Å². The van der Waals surface area contributed by atoms with E-state index in [2.05, 4.69) is 63.6 Å². The van der Waals surface area contributed by atoms with E-state index < -0.39 is 0 Å². The van der Waals surface area contributed by atoms with Crippen LogP contribution in [0.1, 0.15) is 44.1 Å². The van der Waals surface area contributed by atoms with Crippen molar-refractivity contribution in [2.45, 2.75) is 38.5 Å². The highest BCUT2D eigenvalue weighted by molar-refractivity contribution is 5.99. The van der Waals surface area contributed by atoms with Crippen LogP contribution in [0.25, 0.3) is 0 Å². The van der Waals surface area contributed by atoms with Gasteiger partial charge in [-0.05, 0) is 66.6 Å². The van der Waals surface area contributed by atoms with Gasteiger partial charge < -0.3 is 25.6 Å². The SMILES string of the molecule is C=CC(=O)Nc1cccc(Nc2nc(Nc3ccc(C4CCC(C)CC4)cc3)ncc2N2CCOCC2)c1. The fourth-order valence-corrected chi connectivity index (χ4v) is 5.13. The molecule has 0 bridgehead atoms. The van der Waals surface area contributed by atoms with Gasteiger partial charge in [-0.25, -0.2) is 4.98 Å². The van der Waals surface area contributed by atoms with E-state index in [0.717, 1.165) is 36.1 Å². The van der Waals surface area contributed by atoms with Gasteiger partial charge in [-0.15, -0.1) is 0 Å². The van der Waals surface area contributed by atoms with Gasteiger partial charge in [-0.3, -0.25) is 4.79 Å². The second-order valence-corrected chi connectivity index (χ2v) is 10.1. The highest BCUT2D eigenvalue weighted by Crippen LogP contribution is 2.36. The molecule has 2 heterocycles. The maximum atomic E-state index is 11.8. The zero-order valence-corrected chi connectivity index (χ0v) is 22.0. The molecule has 8 nitrogen and oxygen atoms in total. The van der Waals surface area contributed by atoms with E-state index in [1.165, 1.54) is 37.3 Å². The van der Waals surface area contributed by atoms with Gasteiger partial charge in [0.05, 0.1) is 25.1 Å². The van der Waals surface area contributed by atoms with E-state index >= 15 is 0 Å². The zero-order chi connectivity index (χ0) is 26.3. The van der Waals surface area contributed by atoms with E-state index in [-0.39, 0.29) is 5.91 Å². The van der Waals surface area contributed by atoms with Crippen molar-refractivity contribution >= 4 is 40.4 Å². The van der Waals surface area contributed by atoms with Gasteiger partial charge in [0.1, 0.15) is 0 Å². The zero-order valence-electron chi connectivity index (χ0n) is 22.0. The minimum absolute atomic E-state index is 0.256. The number of hydrogen-bond acceptors (Lipinski definition) is 7. The maximum absolute atomic E-state index is 11.8.